The van der Waals surface area contributed by atoms with E-state index in [1.54, 1.807) is 18.5 Å². The lowest BCUT2D eigenvalue weighted by Gasteiger charge is -2.49. The molecule has 38 heavy (non-hydrogen) atoms. The number of hydrogen-bond acceptors (Lipinski definition) is 6. The Morgan fingerprint density at radius 3 is 2.39 bits per heavy atom. The van der Waals surface area contributed by atoms with Gasteiger partial charge in [-0.15, -0.1) is 0 Å². The predicted octanol–water partition coefficient (Wildman–Crippen LogP) is 5.67. The molecule has 0 radical (unpaired) electrons. The van der Waals surface area contributed by atoms with Crippen molar-refractivity contribution in [1.82, 2.24) is 15.0 Å². The Labute approximate surface area is 221 Å². The van der Waals surface area contributed by atoms with Gasteiger partial charge in [-0.25, -0.2) is 15.0 Å². The quantitative estimate of drug-likeness (QED) is 0.445. The van der Waals surface area contributed by atoms with Crippen molar-refractivity contribution < 1.29 is 9.59 Å². The average Bonchev–Trinajstić information content (AvgIpc) is 3.81. The van der Waals surface area contributed by atoms with Gasteiger partial charge in [0.2, 0.25) is 11.8 Å². The number of nitrogens with zero attached hydrogens (tertiary/aromatic N) is 4. The number of amides is 2. The van der Waals surface area contributed by atoms with Crippen LogP contribution >= 0.6 is 0 Å². The smallest absolute Gasteiger partial charge is 0.230 e. The van der Waals surface area contributed by atoms with Crippen molar-refractivity contribution in [2.24, 2.45) is 16.7 Å². The minimum atomic E-state index is -0.375. The number of carbonyl (C=O) groups excluding carboxylic acids is 2. The molecule has 8 heteroatoms. The minimum Gasteiger partial charge on any atom is -0.326 e. The van der Waals surface area contributed by atoms with Crippen LogP contribution in [0.4, 0.5) is 11.5 Å². The number of aryl methyl sites for hydroxylation is 1. The molecule has 2 heterocycles. The molecule has 0 atom stereocenters. The third-order valence-electron chi connectivity index (χ3n) is 8.61. The first kappa shape index (κ1) is 24.2. The highest BCUT2D eigenvalue weighted by molar-refractivity contribution is 5.96. The number of aromatic nitrogens is 3. The third-order valence-corrected chi connectivity index (χ3v) is 8.61. The summed E-state index contributed by atoms with van der Waals surface area (Å²) in [6, 6.07) is 13.9. The van der Waals surface area contributed by atoms with Gasteiger partial charge < -0.3 is 10.6 Å². The average molecular weight is 507 g/mol. The van der Waals surface area contributed by atoms with Crippen LogP contribution in [-0.4, -0.2) is 26.8 Å². The SMILES string of the molecule is Cc1ccc(NC(=O)C23CCC(C#N)(CC2)CC3)cc1-c1ccnc(-c2ccnc(NC(=O)C3CC3)c2)n1. The zero-order valence-electron chi connectivity index (χ0n) is 21.5. The maximum atomic E-state index is 13.4. The molecular formula is C30H30N6O2. The van der Waals surface area contributed by atoms with E-state index in [1.165, 1.54) is 0 Å². The van der Waals surface area contributed by atoms with Crippen LogP contribution in [0.5, 0.6) is 0 Å². The molecular weight excluding hydrogens is 476 g/mol. The Balaban J connectivity index is 1.22. The van der Waals surface area contributed by atoms with Crippen molar-refractivity contribution in [3.63, 3.8) is 0 Å². The van der Waals surface area contributed by atoms with Gasteiger partial charge >= 0.3 is 0 Å². The van der Waals surface area contributed by atoms with E-state index in [0.717, 1.165) is 79.4 Å². The Morgan fingerprint density at radius 2 is 1.68 bits per heavy atom. The molecule has 0 saturated heterocycles. The van der Waals surface area contributed by atoms with Crippen molar-refractivity contribution in [1.29, 1.82) is 5.26 Å². The van der Waals surface area contributed by atoms with Crippen LogP contribution in [0.1, 0.15) is 56.9 Å². The summed E-state index contributed by atoms with van der Waals surface area (Å²) in [7, 11) is 0. The fourth-order valence-electron chi connectivity index (χ4n) is 5.79. The van der Waals surface area contributed by atoms with Crippen molar-refractivity contribution in [2.45, 2.75) is 58.3 Å². The minimum absolute atomic E-state index is 0.00388. The second-order valence-corrected chi connectivity index (χ2v) is 11.1. The standard InChI is InChI=1S/C30H30N6O2/c1-19-2-5-22(34-28(38)30-11-8-29(18-31,9-12-30)10-13-30)17-23(19)24-7-15-33-26(35-24)21-6-14-32-25(16-21)36-27(37)20-3-4-20/h2,5-7,14-17,20H,3-4,8-13H2,1H3,(H,34,38)(H,32,36,37). The Morgan fingerprint density at radius 1 is 0.947 bits per heavy atom. The summed E-state index contributed by atoms with van der Waals surface area (Å²) in [6.45, 7) is 2.02. The van der Waals surface area contributed by atoms with Gasteiger partial charge in [0.1, 0.15) is 5.82 Å². The van der Waals surface area contributed by atoms with E-state index in [1.807, 2.05) is 37.3 Å². The van der Waals surface area contributed by atoms with E-state index < -0.39 is 0 Å². The summed E-state index contributed by atoms with van der Waals surface area (Å²) in [5, 5.41) is 15.6. The third kappa shape index (κ3) is 4.53. The molecule has 4 aliphatic carbocycles. The van der Waals surface area contributed by atoms with Gasteiger partial charge in [-0.1, -0.05) is 6.07 Å². The highest BCUT2D eigenvalue weighted by atomic mass is 16.2. The Bertz CT molecular complexity index is 1450. The van der Waals surface area contributed by atoms with E-state index in [4.69, 9.17) is 4.98 Å². The number of hydrogen-bond donors (Lipinski definition) is 2. The van der Waals surface area contributed by atoms with Crippen molar-refractivity contribution >= 4 is 23.3 Å². The number of nitriles is 1. The summed E-state index contributed by atoms with van der Waals surface area (Å²) < 4.78 is 0. The molecule has 2 N–H and O–H groups in total. The first-order valence-electron chi connectivity index (χ1n) is 13.3. The van der Waals surface area contributed by atoms with Crippen molar-refractivity contribution in [3.8, 4) is 28.7 Å². The molecule has 0 unspecified atom stereocenters. The van der Waals surface area contributed by atoms with Crippen LogP contribution in [0.3, 0.4) is 0 Å². The summed E-state index contributed by atoms with van der Waals surface area (Å²) in [6.07, 6.45) is 9.96. The van der Waals surface area contributed by atoms with Crippen molar-refractivity contribution in [3.05, 3.63) is 54.4 Å². The van der Waals surface area contributed by atoms with Gasteiger partial charge in [0.15, 0.2) is 5.82 Å². The highest BCUT2D eigenvalue weighted by Gasteiger charge is 2.52. The lowest BCUT2D eigenvalue weighted by molar-refractivity contribution is -0.132. The molecule has 4 fully saturated rings. The predicted molar refractivity (Wildman–Crippen MR) is 144 cm³/mol. The molecule has 1 aromatic carbocycles. The number of carbonyl (C=O) groups is 2. The number of nitrogens with one attached hydrogen (secondary N) is 2. The lowest BCUT2D eigenvalue weighted by atomic mass is 9.54. The second kappa shape index (κ2) is 9.32. The maximum absolute atomic E-state index is 13.4. The number of anilines is 2. The van der Waals surface area contributed by atoms with Gasteiger partial charge in [-0.2, -0.15) is 5.26 Å². The Kier molecular flexibility index (Phi) is 5.94. The summed E-state index contributed by atoms with van der Waals surface area (Å²) in [4.78, 5) is 39.1. The zero-order chi connectivity index (χ0) is 26.3. The Hall–Kier alpha value is -4.12. The second-order valence-electron chi connectivity index (χ2n) is 11.1. The molecule has 4 saturated carbocycles. The number of fused-ring (bicyclic) bond motifs is 3. The molecule has 8 nitrogen and oxygen atoms in total. The van der Waals surface area contributed by atoms with Crippen LogP contribution in [0.25, 0.3) is 22.6 Å². The molecule has 2 amide bonds. The van der Waals surface area contributed by atoms with Gasteiger partial charge in [-0.3, -0.25) is 9.59 Å². The molecule has 192 valence electrons. The molecule has 4 aliphatic rings. The monoisotopic (exact) mass is 506 g/mol. The topological polar surface area (TPSA) is 121 Å². The molecule has 3 aromatic rings. The molecule has 2 aromatic heterocycles. The fourth-order valence-corrected chi connectivity index (χ4v) is 5.79. The highest BCUT2D eigenvalue weighted by Crippen LogP contribution is 2.57. The lowest BCUT2D eigenvalue weighted by Crippen LogP contribution is -2.47. The number of benzene rings is 1. The van der Waals surface area contributed by atoms with E-state index in [0.29, 0.717) is 11.6 Å². The van der Waals surface area contributed by atoms with E-state index in [-0.39, 0.29) is 28.6 Å². The van der Waals surface area contributed by atoms with Crippen LogP contribution in [0.15, 0.2) is 48.8 Å². The molecule has 0 aliphatic heterocycles. The van der Waals surface area contributed by atoms with Crippen LogP contribution in [0.2, 0.25) is 0 Å². The van der Waals surface area contributed by atoms with E-state index in [9.17, 15) is 14.9 Å². The van der Waals surface area contributed by atoms with Gasteiger partial charge in [0, 0.05) is 40.5 Å². The van der Waals surface area contributed by atoms with Crippen molar-refractivity contribution in [2.75, 3.05) is 10.6 Å². The first-order chi connectivity index (χ1) is 18.4. The van der Waals surface area contributed by atoms with Crippen LogP contribution < -0.4 is 10.6 Å². The summed E-state index contributed by atoms with van der Waals surface area (Å²) in [5.74, 6) is 1.18. The largest absolute Gasteiger partial charge is 0.326 e. The number of rotatable bonds is 6. The summed E-state index contributed by atoms with van der Waals surface area (Å²) in [5.41, 5.74) is 3.60. The van der Waals surface area contributed by atoms with Gasteiger partial charge in [0.05, 0.1) is 17.2 Å². The fraction of sp³-hybridized carbons (Fsp3) is 0.400. The first-order valence-corrected chi connectivity index (χ1v) is 13.3. The maximum Gasteiger partial charge on any atom is 0.230 e. The summed E-state index contributed by atoms with van der Waals surface area (Å²) >= 11 is 0. The van der Waals surface area contributed by atoms with Crippen LogP contribution in [0, 0.1) is 35.0 Å². The van der Waals surface area contributed by atoms with E-state index in [2.05, 4.69) is 26.7 Å². The van der Waals surface area contributed by atoms with Gasteiger partial charge in [-0.05, 0) is 94.2 Å². The van der Waals surface area contributed by atoms with Gasteiger partial charge in [0.25, 0.3) is 0 Å². The number of pyridine rings is 1. The zero-order valence-corrected chi connectivity index (χ0v) is 21.5. The van der Waals surface area contributed by atoms with E-state index >= 15 is 0 Å². The molecule has 7 rings (SSSR count). The molecule has 0 spiro atoms. The van der Waals surface area contributed by atoms with Crippen LogP contribution in [-0.2, 0) is 9.59 Å². The normalized spacial score (nSPS) is 23.9. The molecule has 2 bridgehead atoms.